The summed E-state index contributed by atoms with van der Waals surface area (Å²) in [5, 5.41) is 6.02. The van der Waals surface area contributed by atoms with Crippen LogP contribution in [0.2, 0.25) is 0 Å². The number of aromatic nitrogens is 1. The van der Waals surface area contributed by atoms with Crippen LogP contribution < -0.4 is 10.6 Å². The van der Waals surface area contributed by atoms with Gasteiger partial charge in [-0.05, 0) is 24.3 Å². The minimum Gasteiger partial charge on any atom is -0.379 e. The van der Waals surface area contributed by atoms with Gasteiger partial charge in [0.1, 0.15) is 10.7 Å². The smallest absolute Gasteiger partial charge is 0.256 e. The summed E-state index contributed by atoms with van der Waals surface area (Å²) < 4.78 is 32.9. The molecule has 0 aliphatic carbocycles. The first-order valence-corrected chi connectivity index (χ1v) is 14.0. The highest BCUT2D eigenvalue weighted by Crippen LogP contribution is 2.37. The summed E-state index contributed by atoms with van der Waals surface area (Å²) in [6, 6.07) is 15.3. The van der Waals surface area contributed by atoms with Crippen LogP contribution in [0, 0.1) is 0 Å². The Kier molecular flexibility index (Phi) is 8.19. The van der Waals surface area contributed by atoms with Crippen molar-refractivity contribution in [2.45, 2.75) is 9.24 Å². The van der Waals surface area contributed by atoms with Gasteiger partial charge < -0.3 is 15.4 Å². The summed E-state index contributed by atoms with van der Waals surface area (Å²) in [4.78, 5) is 29.4. The van der Waals surface area contributed by atoms with Crippen molar-refractivity contribution < 1.29 is 22.7 Å². The van der Waals surface area contributed by atoms with Crippen LogP contribution in [0.5, 0.6) is 0 Å². The average molecular weight is 533 g/mol. The largest absolute Gasteiger partial charge is 0.379 e. The third-order valence-electron chi connectivity index (χ3n) is 5.21. The Balaban J connectivity index is 1.53. The second-order valence-corrected chi connectivity index (χ2v) is 11.6. The standard InChI is InChI=1S/C23H24N4O5S3/c1-24-19(28)15-33-23-25-20(16-5-3-2-4-6-16)22(34-23)26-21(29)17-7-9-18(10-8-17)35(30,31)27-11-13-32-14-12-27/h2-10H,11-15H2,1H3,(H,24,28)(H,26,29). The predicted molar refractivity (Wildman–Crippen MR) is 136 cm³/mol. The second-order valence-electron chi connectivity index (χ2n) is 7.48. The summed E-state index contributed by atoms with van der Waals surface area (Å²) in [6.07, 6.45) is 0. The number of nitrogens with zero attached hydrogens (tertiary/aromatic N) is 2. The van der Waals surface area contributed by atoms with Crippen molar-refractivity contribution in [1.29, 1.82) is 0 Å². The normalized spacial score (nSPS) is 14.4. The highest BCUT2D eigenvalue weighted by Gasteiger charge is 2.26. The van der Waals surface area contributed by atoms with Crippen LogP contribution in [0.1, 0.15) is 10.4 Å². The number of thioether (sulfide) groups is 1. The molecule has 1 fully saturated rings. The second kappa shape index (κ2) is 11.3. The van der Waals surface area contributed by atoms with Gasteiger partial charge >= 0.3 is 0 Å². The van der Waals surface area contributed by atoms with Gasteiger partial charge in [0, 0.05) is 31.3 Å². The number of carbonyl (C=O) groups is 2. The summed E-state index contributed by atoms with van der Waals surface area (Å²) in [5.41, 5.74) is 1.76. The molecule has 35 heavy (non-hydrogen) atoms. The average Bonchev–Trinajstić information content (AvgIpc) is 3.30. The first kappa shape index (κ1) is 25.3. The molecule has 2 aromatic carbocycles. The van der Waals surface area contributed by atoms with Gasteiger partial charge in [0.25, 0.3) is 5.91 Å². The summed E-state index contributed by atoms with van der Waals surface area (Å²) in [5.74, 6) is -0.293. The maximum atomic E-state index is 13.0. The molecule has 2 heterocycles. The highest BCUT2D eigenvalue weighted by atomic mass is 32.2. The Morgan fingerprint density at radius 3 is 2.43 bits per heavy atom. The minimum atomic E-state index is -3.64. The van der Waals surface area contributed by atoms with Gasteiger partial charge in [-0.15, -0.1) is 0 Å². The maximum absolute atomic E-state index is 13.0. The monoisotopic (exact) mass is 532 g/mol. The molecule has 4 rings (SSSR count). The molecule has 184 valence electrons. The number of hydrogen-bond acceptors (Lipinski definition) is 8. The van der Waals surface area contributed by atoms with E-state index in [1.54, 1.807) is 7.05 Å². The number of rotatable bonds is 8. The Bertz CT molecular complexity index is 1290. The van der Waals surface area contributed by atoms with E-state index in [0.29, 0.717) is 46.9 Å². The molecule has 2 N–H and O–H groups in total. The van der Waals surface area contributed by atoms with Gasteiger partial charge in [0.15, 0.2) is 4.34 Å². The van der Waals surface area contributed by atoms with Crippen molar-refractivity contribution in [2.75, 3.05) is 44.4 Å². The van der Waals surface area contributed by atoms with E-state index in [-0.39, 0.29) is 22.5 Å². The van der Waals surface area contributed by atoms with Crippen LogP contribution in [0.4, 0.5) is 5.00 Å². The molecule has 1 aliphatic rings. The molecule has 1 aromatic heterocycles. The fourth-order valence-electron chi connectivity index (χ4n) is 3.33. The van der Waals surface area contributed by atoms with Gasteiger partial charge in [-0.1, -0.05) is 53.4 Å². The number of ether oxygens (including phenoxy) is 1. The van der Waals surface area contributed by atoms with E-state index in [0.717, 1.165) is 5.56 Å². The van der Waals surface area contributed by atoms with Gasteiger partial charge in [-0.2, -0.15) is 4.31 Å². The van der Waals surface area contributed by atoms with Gasteiger partial charge in [0.2, 0.25) is 15.9 Å². The zero-order valence-corrected chi connectivity index (χ0v) is 21.3. The number of anilines is 1. The molecule has 9 nitrogen and oxygen atoms in total. The molecule has 0 bridgehead atoms. The van der Waals surface area contributed by atoms with Crippen LogP contribution in [0.3, 0.4) is 0 Å². The fourth-order valence-corrected chi connectivity index (χ4v) is 6.67. The first-order chi connectivity index (χ1) is 16.9. The summed E-state index contributed by atoms with van der Waals surface area (Å²) >= 11 is 2.57. The SMILES string of the molecule is CNC(=O)CSc1nc(-c2ccccc2)c(NC(=O)c2ccc(S(=O)(=O)N3CCOCC3)cc2)s1. The van der Waals surface area contributed by atoms with E-state index in [9.17, 15) is 18.0 Å². The number of morpholine rings is 1. The lowest BCUT2D eigenvalue weighted by Crippen LogP contribution is -2.40. The number of sulfonamides is 1. The Hall–Kier alpha value is -2.77. The lowest BCUT2D eigenvalue weighted by atomic mass is 10.1. The molecular weight excluding hydrogens is 508 g/mol. The van der Waals surface area contributed by atoms with Crippen LogP contribution in [-0.2, 0) is 19.6 Å². The van der Waals surface area contributed by atoms with E-state index in [1.807, 2.05) is 30.3 Å². The maximum Gasteiger partial charge on any atom is 0.256 e. The van der Waals surface area contributed by atoms with E-state index in [2.05, 4.69) is 15.6 Å². The molecule has 0 saturated carbocycles. The molecular formula is C23H24N4O5S3. The van der Waals surface area contributed by atoms with Crippen molar-refractivity contribution in [3.8, 4) is 11.3 Å². The molecule has 0 unspecified atom stereocenters. The molecule has 12 heteroatoms. The topological polar surface area (TPSA) is 118 Å². The predicted octanol–water partition coefficient (Wildman–Crippen LogP) is 2.92. The Morgan fingerprint density at radius 2 is 1.77 bits per heavy atom. The Labute approximate surface area is 211 Å². The number of amides is 2. The van der Waals surface area contributed by atoms with Gasteiger partial charge in [-0.25, -0.2) is 13.4 Å². The lowest BCUT2D eigenvalue weighted by Gasteiger charge is -2.26. The molecule has 0 spiro atoms. The molecule has 3 aromatic rings. The number of hydrogen-bond donors (Lipinski definition) is 2. The summed E-state index contributed by atoms with van der Waals surface area (Å²) in [7, 11) is -2.07. The van der Waals surface area contributed by atoms with Crippen LogP contribution in [0.25, 0.3) is 11.3 Å². The van der Waals surface area contributed by atoms with Crippen molar-refractivity contribution in [2.24, 2.45) is 0 Å². The van der Waals surface area contributed by atoms with Crippen molar-refractivity contribution in [3.63, 3.8) is 0 Å². The van der Waals surface area contributed by atoms with E-state index in [4.69, 9.17) is 4.74 Å². The molecule has 1 aliphatic heterocycles. The van der Waals surface area contributed by atoms with Crippen LogP contribution in [-0.4, -0.2) is 68.6 Å². The fraction of sp³-hybridized carbons (Fsp3) is 0.261. The highest BCUT2D eigenvalue weighted by molar-refractivity contribution is 8.01. The third-order valence-corrected chi connectivity index (χ3v) is 9.24. The lowest BCUT2D eigenvalue weighted by molar-refractivity contribution is -0.118. The zero-order chi connectivity index (χ0) is 24.8. The minimum absolute atomic E-state index is 0.121. The molecule has 0 atom stereocenters. The van der Waals surface area contributed by atoms with Gasteiger partial charge in [0.05, 0.1) is 23.9 Å². The van der Waals surface area contributed by atoms with E-state index < -0.39 is 10.0 Å². The number of benzene rings is 2. The van der Waals surface area contributed by atoms with E-state index >= 15 is 0 Å². The van der Waals surface area contributed by atoms with Crippen molar-refractivity contribution in [1.82, 2.24) is 14.6 Å². The van der Waals surface area contributed by atoms with Crippen molar-refractivity contribution in [3.05, 3.63) is 60.2 Å². The third kappa shape index (κ3) is 6.08. The van der Waals surface area contributed by atoms with E-state index in [1.165, 1.54) is 51.7 Å². The van der Waals surface area contributed by atoms with Gasteiger partial charge in [-0.3, -0.25) is 9.59 Å². The number of nitrogens with one attached hydrogen (secondary N) is 2. The number of carbonyl (C=O) groups excluding carboxylic acids is 2. The molecule has 2 amide bonds. The van der Waals surface area contributed by atoms with Crippen molar-refractivity contribution >= 4 is 49.9 Å². The molecule has 1 saturated heterocycles. The Morgan fingerprint density at radius 1 is 1.09 bits per heavy atom. The quantitative estimate of drug-likeness (QED) is 0.428. The van der Waals surface area contributed by atoms with Crippen LogP contribution >= 0.6 is 23.1 Å². The summed E-state index contributed by atoms with van der Waals surface area (Å²) in [6.45, 7) is 1.33. The van der Waals surface area contributed by atoms with Crippen LogP contribution in [0.15, 0.2) is 63.8 Å². The molecule has 0 radical (unpaired) electrons. The number of thiazole rings is 1. The first-order valence-electron chi connectivity index (χ1n) is 10.8. The zero-order valence-electron chi connectivity index (χ0n) is 18.9.